The van der Waals surface area contributed by atoms with Gasteiger partial charge in [0.05, 0.1) is 18.3 Å². The minimum Gasteiger partial charge on any atom is -0.496 e. The number of rotatable bonds is 7. The molecule has 0 spiro atoms. The molecule has 1 aromatic heterocycles. The SMILES string of the molecule is C=CCn1c(SCC(C)(C)O)nnc1-c1ccccc1OC. The summed E-state index contributed by atoms with van der Waals surface area (Å²) in [4.78, 5) is 0. The van der Waals surface area contributed by atoms with Gasteiger partial charge >= 0.3 is 0 Å². The number of aliphatic hydroxyl groups is 1. The largest absolute Gasteiger partial charge is 0.496 e. The summed E-state index contributed by atoms with van der Waals surface area (Å²) in [6, 6.07) is 7.70. The highest BCUT2D eigenvalue weighted by molar-refractivity contribution is 7.99. The molecule has 1 heterocycles. The summed E-state index contributed by atoms with van der Waals surface area (Å²) in [6.07, 6.45) is 1.80. The predicted molar refractivity (Wildman–Crippen MR) is 89.2 cm³/mol. The van der Waals surface area contributed by atoms with Crippen LogP contribution in [0.1, 0.15) is 13.8 Å². The van der Waals surface area contributed by atoms with Crippen molar-refractivity contribution < 1.29 is 9.84 Å². The van der Waals surface area contributed by atoms with Gasteiger partial charge in [-0.05, 0) is 26.0 Å². The number of methoxy groups -OCH3 is 1. The van der Waals surface area contributed by atoms with Crippen LogP contribution in [0.3, 0.4) is 0 Å². The van der Waals surface area contributed by atoms with Crippen molar-refractivity contribution in [3.63, 3.8) is 0 Å². The monoisotopic (exact) mass is 319 g/mol. The average molecular weight is 319 g/mol. The van der Waals surface area contributed by atoms with Gasteiger partial charge < -0.3 is 9.84 Å². The standard InChI is InChI=1S/C16H21N3O2S/c1-5-10-19-14(12-8-6-7-9-13(12)21-4)17-18-15(19)22-11-16(2,3)20/h5-9,20H,1,10-11H2,2-4H3. The summed E-state index contributed by atoms with van der Waals surface area (Å²) in [7, 11) is 1.64. The van der Waals surface area contributed by atoms with Crippen molar-refractivity contribution in [1.82, 2.24) is 14.8 Å². The van der Waals surface area contributed by atoms with Crippen molar-refractivity contribution in [2.75, 3.05) is 12.9 Å². The van der Waals surface area contributed by atoms with Crippen LogP contribution in [-0.2, 0) is 6.54 Å². The lowest BCUT2D eigenvalue weighted by molar-refractivity contribution is 0.107. The van der Waals surface area contributed by atoms with Crippen molar-refractivity contribution in [3.05, 3.63) is 36.9 Å². The topological polar surface area (TPSA) is 60.2 Å². The highest BCUT2D eigenvalue weighted by Gasteiger charge is 2.19. The van der Waals surface area contributed by atoms with Crippen LogP contribution >= 0.6 is 11.8 Å². The third-order valence-electron chi connectivity index (χ3n) is 2.93. The van der Waals surface area contributed by atoms with E-state index in [9.17, 15) is 5.11 Å². The first-order valence-electron chi connectivity index (χ1n) is 6.99. The second-order valence-corrected chi connectivity index (χ2v) is 6.45. The first-order chi connectivity index (χ1) is 10.5. The zero-order valence-corrected chi connectivity index (χ0v) is 13.9. The van der Waals surface area contributed by atoms with E-state index in [1.54, 1.807) is 27.0 Å². The summed E-state index contributed by atoms with van der Waals surface area (Å²) in [5, 5.41) is 19.2. The molecule has 118 valence electrons. The number of aromatic nitrogens is 3. The van der Waals surface area contributed by atoms with Crippen molar-refractivity contribution in [3.8, 4) is 17.1 Å². The van der Waals surface area contributed by atoms with E-state index < -0.39 is 5.60 Å². The summed E-state index contributed by atoms with van der Waals surface area (Å²) < 4.78 is 7.38. The first-order valence-corrected chi connectivity index (χ1v) is 7.97. The number of hydrogen-bond acceptors (Lipinski definition) is 5. The molecule has 1 N–H and O–H groups in total. The molecule has 0 amide bonds. The smallest absolute Gasteiger partial charge is 0.191 e. The molecule has 0 aliphatic heterocycles. The fraction of sp³-hybridized carbons (Fsp3) is 0.375. The lowest BCUT2D eigenvalue weighted by Crippen LogP contribution is -2.22. The highest BCUT2D eigenvalue weighted by Crippen LogP contribution is 2.31. The summed E-state index contributed by atoms with van der Waals surface area (Å²) in [5.41, 5.74) is 0.120. The van der Waals surface area contributed by atoms with Crippen molar-refractivity contribution in [2.24, 2.45) is 0 Å². The molecule has 5 nitrogen and oxygen atoms in total. The molecule has 0 saturated heterocycles. The minimum atomic E-state index is -0.764. The fourth-order valence-corrected chi connectivity index (χ4v) is 2.86. The van der Waals surface area contributed by atoms with E-state index in [-0.39, 0.29) is 0 Å². The summed E-state index contributed by atoms with van der Waals surface area (Å²) in [6.45, 7) is 7.93. The van der Waals surface area contributed by atoms with Crippen molar-refractivity contribution in [2.45, 2.75) is 31.1 Å². The third kappa shape index (κ3) is 3.90. The van der Waals surface area contributed by atoms with E-state index in [2.05, 4.69) is 16.8 Å². The number of ether oxygens (including phenoxy) is 1. The Bertz CT molecular complexity index is 647. The zero-order valence-electron chi connectivity index (χ0n) is 13.1. The first kappa shape index (κ1) is 16.6. The lowest BCUT2D eigenvalue weighted by atomic mass is 10.2. The molecule has 0 radical (unpaired) electrons. The van der Waals surface area contributed by atoms with Crippen molar-refractivity contribution in [1.29, 1.82) is 0 Å². The van der Waals surface area contributed by atoms with Crippen LogP contribution in [0.25, 0.3) is 11.4 Å². The van der Waals surface area contributed by atoms with Gasteiger partial charge in [0.15, 0.2) is 11.0 Å². The van der Waals surface area contributed by atoms with E-state index in [1.165, 1.54) is 11.8 Å². The van der Waals surface area contributed by atoms with Gasteiger partial charge in [0.25, 0.3) is 0 Å². The molecule has 0 atom stereocenters. The quantitative estimate of drug-likeness (QED) is 0.628. The molecule has 0 fully saturated rings. The molecule has 0 saturated carbocycles. The van der Waals surface area contributed by atoms with Gasteiger partial charge in [-0.2, -0.15) is 0 Å². The normalized spacial score (nSPS) is 11.5. The van der Waals surface area contributed by atoms with Crippen LogP contribution in [0, 0.1) is 0 Å². The Balaban J connectivity index is 2.40. The number of thioether (sulfide) groups is 1. The van der Waals surface area contributed by atoms with Crippen LogP contribution < -0.4 is 4.74 Å². The molecular formula is C16H21N3O2S. The Labute approximate surface area is 135 Å². The van der Waals surface area contributed by atoms with Crippen LogP contribution in [0.2, 0.25) is 0 Å². The lowest BCUT2D eigenvalue weighted by Gasteiger charge is -2.16. The van der Waals surface area contributed by atoms with Gasteiger partial charge in [-0.1, -0.05) is 30.0 Å². The molecule has 0 aliphatic rings. The summed E-state index contributed by atoms with van der Waals surface area (Å²) in [5.74, 6) is 2.02. The fourth-order valence-electron chi connectivity index (χ4n) is 1.96. The number of allylic oxidation sites excluding steroid dienone is 1. The van der Waals surface area contributed by atoms with Crippen molar-refractivity contribution >= 4 is 11.8 Å². The van der Waals surface area contributed by atoms with Crippen LogP contribution in [-0.4, -0.2) is 38.3 Å². The maximum absolute atomic E-state index is 9.89. The van der Waals surface area contributed by atoms with Gasteiger partial charge in [-0.15, -0.1) is 16.8 Å². The third-order valence-corrected chi connectivity index (χ3v) is 4.34. The molecule has 0 bridgehead atoms. The maximum Gasteiger partial charge on any atom is 0.191 e. The van der Waals surface area contributed by atoms with Gasteiger partial charge in [-0.3, -0.25) is 4.57 Å². The Morgan fingerprint density at radius 3 is 2.73 bits per heavy atom. The molecule has 22 heavy (non-hydrogen) atoms. The second kappa shape index (κ2) is 6.98. The van der Waals surface area contributed by atoms with Gasteiger partial charge in [0.1, 0.15) is 5.75 Å². The maximum atomic E-state index is 9.89. The summed E-state index contributed by atoms with van der Waals surface area (Å²) >= 11 is 1.47. The van der Waals surface area contributed by atoms with Crippen LogP contribution in [0.4, 0.5) is 0 Å². The van der Waals surface area contributed by atoms with Gasteiger partial charge in [0, 0.05) is 12.3 Å². The molecular weight excluding hydrogens is 298 g/mol. The van der Waals surface area contributed by atoms with E-state index >= 15 is 0 Å². The second-order valence-electron chi connectivity index (χ2n) is 5.51. The Morgan fingerprint density at radius 1 is 1.36 bits per heavy atom. The minimum absolute atomic E-state index is 0.536. The Kier molecular flexibility index (Phi) is 5.26. The van der Waals surface area contributed by atoms with Crippen LogP contribution in [0.5, 0.6) is 5.75 Å². The predicted octanol–water partition coefficient (Wildman–Crippen LogP) is 3.00. The number of nitrogens with zero attached hydrogens (tertiary/aromatic N) is 3. The van der Waals surface area contributed by atoms with E-state index in [4.69, 9.17) is 4.74 Å². The molecule has 1 aromatic carbocycles. The molecule has 2 rings (SSSR count). The van der Waals surface area contributed by atoms with Crippen LogP contribution in [0.15, 0.2) is 42.1 Å². The molecule has 2 aromatic rings. The molecule has 0 aliphatic carbocycles. The van der Waals surface area contributed by atoms with E-state index in [1.807, 2.05) is 28.8 Å². The molecule has 0 unspecified atom stereocenters. The average Bonchev–Trinajstić information content (AvgIpc) is 2.87. The Morgan fingerprint density at radius 2 is 2.09 bits per heavy atom. The number of para-hydroxylation sites is 1. The number of benzene rings is 1. The highest BCUT2D eigenvalue weighted by atomic mass is 32.2. The zero-order chi connectivity index (χ0) is 16.2. The van der Waals surface area contributed by atoms with E-state index in [0.29, 0.717) is 12.3 Å². The Hall–Kier alpha value is -1.79. The van der Waals surface area contributed by atoms with E-state index in [0.717, 1.165) is 22.3 Å². The number of hydrogen-bond donors (Lipinski definition) is 1. The molecule has 6 heteroatoms. The van der Waals surface area contributed by atoms with Gasteiger partial charge in [-0.25, -0.2) is 0 Å². The van der Waals surface area contributed by atoms with Gasteiger partial charge in [0.2, 0.25) is 0 Å².